The van der Waals surface area contributed by atoms with E-state index in [4.69, 9.17) is 9.84 Å². The van der Waals surface area contributed by atoms with Crippen molar-refractivity contribution in [3.05, 3.63) is 34.1 Å². The zero-order valence-corrected chi connectivity index (χ0v) is 14.2. The van der Waals surface area contributed by atoms with Crippen LogP contribution >= 0.6 is 15.9 Å². The molecule has 0 aliphatic rings. The van der Waals surface area contributed by atoms with Gasteiger partial charge < -0.3 is 15.2 Å². The molecule has 1 rings (SSSR count). The van der Waals surface area contributed by atoms with Crippen molar-refractivity contribution in [2.24, 2.45) is 0 Å². The Morgan fingerprint density at radius 3 is 2.59 bits per heavy atom. The first-order valence-electron chi connectivity index (χ1n) is 6.73. The SMILES string of the molecule is CC(C)(C)OCCC(NC(=O)c1cc(Br)ccc1F)C(=O)O. The molecule has 0 heterocycles. The average Bonchev–Trinajstić information content (AvgIpc) is 2.38. The second-order valence-corrected chi connectivity index (χ2v) is 6.65. The Bertz CT molecular complexity index is 557. The third kappa shape index (κ3) is 6.11. The highest BCUT2D eigenvalue weighted by molar-refractivity contribution is 9.10. The topological polar surface area (TPSA) is 75.6 Å². The van der Waals surface area contributed by atoms with Crippen molar-refractivity contribution in [1.29, 1.82) is 0 Å². The molecule has 0 aliphatic carbocycles. The lowest BCUT2D eigenvalue weighted by Crippen LogP contribution is -2.42. The van der Waals surface area contributed by atoms with Crippen LogP contribution < -0.4 is 5.32 Å². The third-order valence-electron chi connectivity index (χ3n) is 2.72. The van der Waals surface area contributed by atoms with Crippen LogP contribution in [0.4, 0.5) is 4.39 Å². The van der Waals surface area contributed by atoms with Crippen molar-refractivity contribution in [3.63, 3.8) is 0 Å². The quantitative estimate of drug-likeness (QED) is 0.801. The van der Waals surface area contributed by atoms with Gasteiger partial charge in [0.2, 0.25) is 0 Å². The molecular weight excluding hydrogens is 357 g/mol. The first kappa shape index (κ1) is 18.6. The second kappa shape index (κ2) is 7.69. The van der Waals surface area contributed by atoms with Crippen LogP contribution in [0.2, 0.25) is 0 Å². The Labute approximate surface area is 137 Å². The molecule has 0 radical (unpaired) electrons. The van der Waals surface area contributed by atoms with Crippen LogP contribution in [0, 0.1) is 5.82 Å². The molecule has 0 aliphatic heterocycles. The zero-order valence-electron chi connectivity index (χ0n) is 12.7. The molecule has 0 spiro atoms. The van der Waals surface area contributed by atoms with Crippen molar-refractivity contribution in [2.75, 3.05) is 6.61 Å². The van der Waals surface area contributed by atoms with Gasteiger partial charge in [0, 0.05) is 17.5 Å². The molecule has 1 atom stereocenters. The van der Waals surface area contributed by atoms with Crippen LogP contribution in [0.15, 0.2) is 22.7 Å². The van der Waals surface area contributed by atoms with Gasteiger partial charge in [0.05, 0.1) is 11.2 Å². The summed E-state index contributed by atoms with van der Waals surface area (Å²) in [5.41, 5.74) is -0.610. The molecule has 1 aromatic carbocycles. The molecule has 0 saturated carbocycles. The summed E-state index contributed by atoms with van der Waals surface area (Å²) in [5, 5.41) is 11.5. The van der Waals surface area contributed by atoms with Crippen LogP contribution in [0.3, 0.4) is 0 Å². The number of amides is 1. The number of benzene rings is 1. The van der Waals surface area contributed by atoms with Gasteiger partial charge in [-0.05, 0) is 39.0 Å². The summed E-state index contributed by atoms with van der Waals surface area (Å²) >= 11 is 3.14. The summed E-state index contributed by atoms with van der Waals surface area (Å²) in [6.07, 6.45) is 0.0912. The Balaban J connectivity index is 2.72. The van der Waals surface area contributed by atoms with Crippen molar-refractivity contribution < 1.29 is 23.8 Å². The van der Waals surface area contributed by atoms with Gasteiger partial charge in [-0.25, -0.2) is 9.18 Å². The van der Waals surface area contributed by atoms with Gasteiger partial charge in [-0.15, -0.1) is 0 Å². The first-order chi connectivity index (χ1) is 10.1. The van der Waals surface area contributed by atoms with Gasteiger partial charge in [-0.1, -0.05) is 15.9 Å². The minimum absolute atomic E-state index is 0.0912. The molecule has 22 heavy (non-hydrogen) atoms. The monoisotopic (exact) mass is 375 g/mol. The van der Waals surface area contributed by atoms with E-state index in [-0.39, 0.29) is 18.6 Å². The number of halogens is 2. The van der Waals surface area contributed by atoms with Crippen LogP contribution in [0.5, 0.6) is 0 Å². The maximum atomic E-state index is 13.6. The Kier molecular flexibility index (Phi) is 6.49. The number of aliphatic carboxylic acids is 1. The van der Waals surface area contributed by atoms with Crippen molar-refractivity contribution in [2.45, 2.75) is 38.8 Å². The summed E-state index contributed by atoms with van der Waals surface area (Å²) < 4.78 is 19.6. The molecular formula is C15H19BrFNO4. The molecule has 1 aromatic rings. The largest absolute Gasteiger partial charge is 0.480 e. The molecule has 1 amide bonds. The van der Waals surface area contributed by atoms with Crippen molar-refractivity contribution in [3.8, 4) is 0 Å². The van der Waals surface area contributed by atoms with Gasteiger partial charge in [-0.2, -0.15) is 0 Å². The number of nitrogens with one attached hydrogen (secondary N) is 1. The van der Waals surface area contributed by atoms with Crippen molar-refractivity contribution >= 4 is 27.8 Å². The third-order valence-corrected chi connectivity index (χ3v) is 3.21. The fourth-order valence-corrected chi connectivity index (χ4v) is 2.01. The summed E-state index contributed by atoms with van der Waals surface area (Å²) in [5.74, 6) is -2.68. The number of hydrogen-bond acceptors (Lipinski definition) is 3. The number of rotatable bonds is 6. The van der Waals surface area contributed by atoms with Crippen LogP contribution in [-0.2, 0) is 9.53 Å². The van der Waals surface area contributed by atoms with E-state index in [1.807, 2.05) is 20.8 Å². The molecule has 0 aromatic heterocycles. The fraction of sp³-hybridized carbons (Fsp3) is 0.467. The number of ether oxygens (including phenoxy) is 1. The van der Waals surface area contributed by atoms with E-state index < -0.39 is 29.3 Å². The summed E-state index contributed by atoms with van der Waals surface area (Å²) in [7, 11) is 0. The normalized spacial score (nSPS) is 12.8. The number of carbonyl (C=O) groups excluding carboxylic acids is 1. The molecule has 0 saturated heterocycles. The van der Waals surface area contributed by atoms with Gasteiger partial charge in [-0.3, -0.25) is 4.79 Å². The van der Waals surface area contributed by atoms with E-state index in [0.717, 1.165) is 6.07 Å². The van der Waals surface area contributed by atoms with E-state index in [1.165, 1.54) is 12.1 Å². The minimum Gasteiger partial charge on any atom is -0.480 e. The summed E-state index contributed by atoms with van der Waals surface area (Å²) in [4.78, 5) is 23.2. The number of carbonyl (C=O) groups is 2. The Morgan fingerprint density at radius 1 is 1.41 bits per heavy atom. The maximum Gasteiger partial charge on any atom is 0.326 e. The Morgan fingerprint density at radius 2 is 2.05 bits per heavy atom. The van der Waals surface area contributed by atoms with E-state index in [0.29, 0.717) is 4.47 Å². The molecule has 1 unspecified atom stereocenters. The number of hydrogen-bond donors (Lipinski definition) is 2. The predicted molar refractivity (Wildman–Crippen MR) is 83.3 cm³/mol. The van der Waals surface area contributed by atoms with E-state index >= 15 is 0 Å². The van der Waals surface area contributed by atoms with E-state index in [1.54, 1.807) is 0 Å². The van der Waals surface area contributed by atoms with Crippen LogP contribution in [0.1, 0.15) is 37.6 Å². The lowest BCUT2D eigenvalue weighted by molar-refractivity contribution is -0.140. The van der Waals surface area contributed by atoms with Crippen LogP contribution in [-0.4, -0.2) is 35.2 Å². The molecule has 0 bridgehead atoms. The minimum atomic E-state index is -1.19. The smallest absolute Gasteiger partial charge is 0.326 e. The molecule has 0 fully saturated rings. The molecule has 122 valence electrons. The van der Waals surface area contributed by atoms with Gasteiger partial charge >= 0.3 is 5.97 Å². The highest BCUT2D eigenvalue weighted by Crippen LogP contribution is 2.16. The maximum absolute atomic E-state index is 13.6. The Hall–Kier alpha value is -1.47. The highest BCUT2D eigenvalue weighted by atomic mass is 79.9. The highest BCUT2D eigenvalue weighted by Gasteiger charge is 2.23. The van der Waals surface area contributed by atoms with Gasteiger partial charge in [0.15, 0.2) is 0 Å². The summed E-state index contributed by atoms with van der Waals surface area (Å²) in [6.45, 7) is 5.70. The molecule has 7 heteroatoms. The lowest BCUT2D eigenvalue weighted by atomic mass is 10.1. The second-order valence-electron chi connectivity index (χ2n) is 5.74. The van der Waals surface area contributed by atoms with E-state index in [2.05, 4.69) is 21.2 Å². The average molecular weight is 376 g/mol. The fourth-order valence-electron chi connectivity index (χ4n) is 1.65. The van der Waals surface area contributed by atoms with Gasteiger partial charge in [0.25, 0.3) is 5.91 Å². The van der Waals surface area contributed by atoms with E-state index in [9.17, 15) is 14.0 Å². The summed E-state index contributed by atoms with van der Waals surface area (Å²) in [6, 6.07) is 2.75. The molecule has 5 nitrogen and oxygen atoms in total. The van der Waals surface area contributed by atoms with Crippen LogP contribution in [0.25, 0.3) is 0 Å². The van der Waals surface area contributed by atoms with Crippen molar-refractivity contribution in [1.82, 2.24) is 5.32 Å². The standard InChI is InChI=1S/C15H19BrFNO4/c1-15(2,3)22-7-6-12(14(20)21)18-13(19)10-8-9(16)4-5-11(10)17/h4-5,8,12H,6-7H2,1-3H3,(H,18,19)(H,20,21). The predicted octanol–water partition coefficient (Wildman–Crippen LogP) is 2.98. The number of carboxylic acids is 1. The molecule has 2 N–H and O–H groups in total. The lowest BCUT2D eigenvalue weighted by Gasteiger charge is -2.21. The van der Waals surface area contributed by atoms with Gasteiger partial charge in [0.1, 0.15) is 11.9 Å². The number of carboxylic acid groups (broad SMARTS) is 1. The first-order valence-corrected chi connectivity index (χ1v) is 7.52. The zero-order chi connectivity index (χ0) is 16.9.